The molecule has 0 aromatic heterocycles. The summed E-state index contributed by atoms with van der Waals surface area (Å²) in [6.07, 6.45) is 6.16. The summed E-state index contributed by atoms with van der Waals surface area (Å²) in [6, 6.07) is 25.8. The molecule has 3 aromatic carbocycles. The fraction of sp³-hybridized carbons (Fsp3) is 0.375. The highest BCUT2D eigenvalue weighted by atomic mass is 32.2. The molecule has 1 aliphatic rings. The Balaban J connectivity index is 1.52. The lowest BCUT2D eigenvalue weighted by atomic mass is 9.94. The molecule has 200 valence electrons. The third kappa shape index (κ3) is 8.73. The zero-order valence-corrected chi connectivity index (χ0v) is 22.7. The van der Waals surface area contributed by atoms with Crippen molar-refractivity contribution in [3.8, 4) is 0 Å². The first-order valence-corrected chi connectivity index (χ1v) is 14.7. The van der Waals surface area contributed by atoms with Gasteiger partial charge in [0.1, 0.15) is 11.9 Å². The summed E-state index contributed by atoms with van der Waals surface area (Å²) in [5.41, 5.74) is 3.04. The number of halogens is 1. The molecule has 4 nitrogen and oxygen atoms in total. The number of hydrogen-bond donors (Lipinski definition) is 1. The van der Waals surface area contributed by atoms with E-state index >= 15 is 0 Å². The second-order valence-electron chi connectivity index (χ2n) is 9.99. The summed E-state index contributed by atoms with van der Waals surface area (Å²) in [5.74, 6) is 1.01. The number of thioether (sulfide) groups is 1. The number of amides is 2. The van der Waals surface area contributed by atoms with Crippen LogP contribution in [0.3, 0.4) is 0 Å². The van der Waals surface area contributed by atoms with Crippen LogP contribution in [0.1, 0.15) is 55.2 Å². The van der Waals surface area contributed by atoms with E-state index in [2.05, 4.69) is 17.4 Å². The van der Waals surface area contributed by atoms with Crippen molar-refractivity contribution in [3.05, 3.63) is 107 Å². The Morgan fingerprint density at radius 1 is 0.842 bits per heavy atom. The molecule has 1 aliphatic carbocycles. The van der Waals surface area contributed by atoms with Gasteiger partial charge in [0.25, 0.3) is 0 Å². The Bertz CT molecular complexity index is 1140. The van der Waals surface area contributed by atoms with Crippen LogP contribution < -0.4 is 5.32 Å². The van der Waals surface area contributed by atoms with Gasteiger partial charge in [0.2, 0.25) is 11.8 Å². The van der Waals surface area contributed by atoms with Crippen molar-refractivity contribution in [3.63, 3.8) is 0 Å². The van der Waals surface area contributed by atoms with Crippen LogP contribution >= 0.6 is 11.8 Å². The van der Waals surface area contributed by atoms with Gasteiger partial charge in [0.15, 0.2) is 0 Å². The van der Waals surface area contributed by atoms with Gasteiger partial charge in [-0.25, -0.2) is 4.39 Å². The average Bonchev–Trinajstić information content (AvgIpc) is 2.95. The number of carbonyl (C=O) groups is 2. The number of hydrogen-bond acceptors (Lipinski definition) is 3. The molecule has 3 aromatic rings. The maximum absolute atomic E-state index is 13.8. The van der Waals surface area contributed by atoms with Gasteiger partial charge in [-0.1, -0.05) is 92.1 Å². The topological polar surface area (TPSA) is 49.4 Å². The Kier molecular flexibility index (Phi) is 10.8. The van der Waals surface area contributed by atoms with E-state index in [1.165, 1.54) is 24.1 Å². The SMILES string of the molecule is O=C(NC1CCCCC1)C(Cc1ccccc1)N(Cc1ccc(F)cc1)C(=O)CCSCc1ccccc1. The van der Waals surface area contributed by atoms with Gasteiger partial charge in [-0.05, 0) is 41.7 Å². The van der Waals surface area contributed by atoms with Gasteiger partial charge in [-0.15, -0.1) is 0 Å². The lowest BCUT2D eigenvalue weighted by molar-refractivity contribution is -0.141. The largest absolute Gasteiger partial charge is 0.352 e. The molecule has 0 radical (unpaired) electrons. The summed E-state index contributed by atoms with van der Waals surface area (Å²) < 4.78 is 13.6. The van der Waals surface area contributed by atoms with E-state index in [9.17, 15) is 14.0 Å². The third-order valence-corrected chi connectivity index (χ3v) is 8.09. The van der Waals surface area contributed by atoms with E-state index < -0.39 is 6.04 Å². The zero-order chi connectivity index (χ0) is 26.6. The predicted molar refractivity (Wildman–Crippen MR) is 153 cm³/mol. The number of carbonyl (C=O) groups excluding carboxylic acids is 2. The molecule has 0 aliphatic heterocycles. The fourth-order valence-corrected chi connectivity index (χ4v) is 5.84. The maximum Gasteiger partial charge on any atom is 0.243 e. The van der Waals surface area contributed by atoms with E-state index in [1.807, 2.05) is 48.5 Å². The quantitative estimate of drug-likeness (QED) is 0.270. The van der Waals surface area contributed by atoms with E-state index in [0.29, 0.717) is 18.6 Å². The van der Waals surface area contributed by atoms with Crippen LogP contribution in [0.15, 0.2) is 84.9 Å². The van der Waals surface area contributed by atoms with Crippen molar-refractivity contribution >= 4 is 23.6 Å². The first kappa shape index (κ1) is 27.9. The van der Waals surface area contributed by atoms with Crippen LogP contribution in [-0.2, 0) is 28.3 Å². The zero-order valence-electron chi connectivity index (χ0n) is 21.9. The Hall–Kier alpha value is -3.12. The molecule has 4 rings (SSSR count). The minimum atomic E-state index is -0.643. The normalized spacial score (nSPS) is 14.6. The van der Waals surface area contributed by atoms with Gasteiger partial charge >= 0.3 is 0 Å². The minimum absolute atomic E-state index is 0.0605. The Morgan fingerprint density at radius 3 is 2.13 bits per heavy atom. The second kappa shape index (κ2) is 14.7. The summed E-state index contributed by atoms with van der Waals surface area (Å²) in [5, 5.41) is 3.26. The average molecular weight is 533 g/mol. The monoisotopic (exact) mass is 532 g/mol. The van der Waals surface area contributed by atoms with Crippen molar-refractivity contribution in [2.75, 3.05) is 5.75 Å². The van der Waals surface area contributed by atoms with Gasteiger partial charge < -0.3 is 10.2 Å². The van der Waals surface area contributed by atoms with Crippen LogP contribution in [0, 0.1) is 5.82 Å². The minimum Gasteiger partial charge on any atom is -0.352 e. The number of rotatable bonds is 12. The second-order valence-corrected chi connectivity index (χ2v) is 11.1. The number of nitrogens with one attached hydrogen (secondary N) is 1. The van der Waals surface area contributed by atoms with Crippen LogP contribution in [0.2, 0.25) is 0 Å². The molecule has 2 amide bonds. The standard InChI is InChI=1S/C32H37FN2O2S/c33-28-18-16-26(17-19-28)23-35(31(36)20-21-38-24-27-12-6-2-7-13-27)30(22-25-10-4-1-5-11-25)32(37)34-29-14-8-3-9-15-29/h1-2,4-7,10-13,16-19,29-30H,3,8-9,14-15,20-24H2,(H,34,37). The van der Waals surface area contributed by atoms with E-state index in [0.717, 1.165) is 42.6 Å². The van der Waals surface area contributed by atoms with Crippen LogP contribution in [0.4, 0.5) is 4.39 Å². The molecule has 0 bridgehead atoms. The highest BCUT2D eigenvalue weighted by Gasteiger charge is 2.31. The van der Waals surface area contributed by atoms with Crippen molar-refractivity contribution < 1.29 is 14.0 Å². The van der Waals surface area contributed by atoms with Gasteiger partial charge in [0, 0.05) is 36.9 Å². The van der Waals surface area contributed by atoms with Crippen molar-refractivity contribution in [1.29, 1.82) is 0 Å². The van der Waals surface area contributed by atoms with E-state index in [-0.39, 0.29) is 30.2 Å². The summed E-state index contributed by atoms with van der Waals surface area (Å²) >= 11 is 1.72. The molecule has 1 fully saturated rings. The predicted octanol–water partition coefficient (Wildman–Crippen LogP) is 6.54. The third-order valence-electron chi connectivity index (χ3n) is 7.06. The molecular weight excluding hydrogens is 495 g/mol. The van der Waals surface area contributed by atoms with Crippen LogP contribution in [0.25, 0.3) is 0 Å². The molecule has 0 spiro atoms. The lowest BCUT2D eigenvalue weighted by Crippen LogP contribution is -2.52. The summed E-state index contributed by atoms with van der Waals surface area (Å²) in [7, 11) is 0. The number of benzene rings is 3. The van der Waals surface area contributed by atoms with Crippen molar-refractivity contribution in [2.24, 2.45) is 0 Å². The molecule has 1 saturated carbocycles. The molecule has 1 N–H and O–H groups in total. The smallest absolute Gasteiger partial charge is 0.243 e. The highest BCUT2D eigenvalue weighted by Crippen LogP contribution is 2.21. The van der Waals surface area contributed by atoms with Gasteiger partial charge in [-0.2, -0.15) is 11.8 Å². The van der Waals surface area contributed by atoms with Gasteiger partial charge in [-0.3, -0.25) is 9.59 Å². The molecule has 1 unspecified atom stereocenters. The molecular formula is C32H37FN2O2S. The summed E-state index contributed by atoms with van der Waals surface area (Å²) in [6.45, 7) is 0.262. The summed E-state index contributed by atoms with van der Waals surface area (Å²) in [4.78, 5) is 29.2. The Morgan fingerprint density at radius 2 is 1.47 bits per heavy atom. The van der Waals surface area contributed by atoms with Crippen LogP contribution in [-0.4, -0.2) is 34.6 Å². The molecule has 0 heterocycles. The maximum atomic E-state index is 13.8. The molecule has 38 heavy (non-hydrogen) atoms. The van der Waals surface area contributed by atoms with Gasteiger partial charge in [0.05, 0.1) is 0 Å². The van der Waals surface area contributed by atoms with Crippen LogP contribution in [0.5, 0.6) is 0 Å². The van der Waals surface area contributed by atoms with Crippen molar-refractivity contribution in [2.45, 2.75) is 69.3 Å². The Labute approximate surface area is 230 Å². The molecule has 6 heteroatoms. The number of nitrogens with zero attached hydrogens (tertiary/aromatic N) is 1. The lowest BCUT2D eigenvalue weighted by Gasteiger charge is -2.33. The highest BCUT2D eigenvalue weighted by molar-refractivity contribution is 7.98. The molecule has 0 saturated heterocycles. The fourth-order valence-electron chi connectivity index (χ4n) is 4.95. The van der Waals surface area contributed by atoms with E-state index in [4.69, 9.17) is 0 Å². The van der Waals surface area contributed by atoms with Crippen molar-refractivity contribution in [1.82, 2.24) is 10.2 Å². The first-order chi connectivity index (χ1) is 18.6. The van der Waals surface area contributed by atoms with E-state index in [1.54, 1.807) is 28.8 Å². The first-order valence-electron chi connectivity index (χ1n) is 13.6. The molecule has 1 atom stereocenters.